The number of nitriles is 1. The highest BCUT2D eigenvalue weighted by molar-refractivity contribution is 6.36. The van der Waals surface area contributed by atoms with Crippen molar-refractivity contribution >= 4 is 28.2 Å². The van der Waals surface area contributed by atoms with Crippen molar-refractivity contribution in [2.75, 3.05) is 5.73 Å². The molecule has 15 heavy (non-hydrogen) atoms. The summed E-state index contributed by atoms with van der Waals surface area (Å²) >= 11 is 6.05. The maximum atomic E-state index is 8.80. The van der Waals surface area contributed by atoms with Gasteiger partial charge in [-0.15, -0.1) is 0 Å². The summed E-state index contributed by atoms with van der Waals surface area (Å²) in [4.78, 5) is 4.15. The van der Waals surface area contributed by atoms with Crippen molar-refractivity contribution in [3.63, 3.8) is 0 Å². The quantitative estimate of drug-likeness (QED) is 0.690. The van der Waals surface area contributed by atoms with E-state index in [1.54, 1.807) is 6.07 Å². The molecule has 0 fully saturated rings. The highest BCUT2D eigenvalue weighted by Crippen LogP contribution is 2.28. The molecule has 0 saturated carbocycles. The molecule has 0 unspecified atom stereocenters. The van der Waals surface area contributed by atoms with Gasteiger partial charge in [-0.1, -0.05) is 11.6 Å². The predicted molar refractivity (Wildman–Crippen MR) is 60.6 cm³/mol. The predicted octanol–water partition coefficient (Wildman–Crippen LogP) is 2.65. The van der Waals surface area contributed by atoms with Gasteiger partial charge in [-0.05, 0) is 24.6 Å². The lowest BCUT2D eigenvalue weighted by Crippen LogP contribution is -1.92. The highest BCUT2D eigenvalue weighted by atomic mass is 35.5. The zero-order valence-corrected chi connectivity index (χ0v) is 8.84. The van der Waals surface area contributed by atoms with Crippen LogP contribution in [0, 0.1) is 18.3 Å². The molecular formula is C11H8ClN3. The number of halogens is 1. The fourth-order valence-electron chi connectivity index (χ4n) is 1.41. The molecule has 1 aromatic heterocycles. The fraction of sp³-hybridized carbons (Fsp3) is 0.0909. The van der Waals surface area contributed by atoms with E-state index in [1.165, 1.54) is 6.20 Å². The lowest BCUT2D eigenvalue weighted by Gasteiger charge is -2.05. The highest BCUT2D eigenvalue weighted by Gasteiger charge is 2.07. The minimum absolute atomic E-state index is 0.368. The Morgan fingerprint density at radius 3 is 2.87 bits per heavy atom. The van der Waals surface area contributed by atoms with Gasteiger partial charge >= 0.3 is 0 Å². The first kappa shape index (κ1) is 9.75. The van der Waals surface area contributed by atoms with Gasteiger partial charge in [0.15, 0.2) is 0 Å². The fourth-order valence-corrected chi connectivity index (χ4v) is 1.65. The molecule has 4 heteroatoms. The smallest absolute Gasteiger partial charge is 0.102 e. The molecule has 0 saturated heterocycles. The molecule has 0 bridgehead atoms. The van der Waals surface area contributed by atoms with Crippen molar-refractivity contribution in [2.24, 2.45) is 0 Å². The third-order valence-corrected chi connectivity index (χ3v) is 2.72. The van der Waals surface area contributed by atoms with E-state index in [1.807, 2.05) is 19.1 Å². The lowest BCUT2D eigenvalue weighted by atomic mass is 10.1. The summed E-state index contributed by atoms with van der Waals surface area (Å²) in [6, 6.07) is 5.60. The van der Waals surface area contributed by atoms with Crippen LogP contribution in [0.1, 0.15) is 11.1 Å². The summed E-state index contributed by atoms with van der Waals surface area (Å²) in [6.07, 6.45) is 1.47. The second-order valence-electron chi connectivity index (χ2n) is 3.32. The summed E-state index contributed by atoms with van der Waals surface area (Å²) in [5, 5.41) is 9.93. The van der Waals surface area contributed by atoms with Gasteiger partial charge < -0.3 is 5.73 Å². The van der Waals surface area contributed by atoms with Crippen molar-refractivity contribution in [1.29, 1.82) is 5.26 Å². The molecule has 0 amide bonds. The molecule has 0 aliphatic rings. The molecule has 2 rings (SSSR count). The van der Waals surface area contributed by atoms with Crippen molar-refractivity contribution in [2.45, 2.75) is 6.92 Å². The number of aromatic nitrogens is 1. The average Bonchev–Trinajstić information content (AvgIpc) is 2.22. The molecule has 0 aliphatic heterocycles. The Morgan fingerprint density at radius 1 is 1.47 bits per heavy atom. The van der Waals surface area contributed by atoms with E-state index in [4.69, 9.17) is 22.6 Å². The van der Waals surface area contributed by atoms with E-state index in [9.17, 15) is 0 Å². The zero-order chi connectivity index (χ0) is 11.0. The van der Waals surface area contributed by atoms with Crippen LogP contribution >= 0.6 is 11.6 Å². The van der Waals surface area contributed by atoms with Crippen LogP contribution in [0.2, 0.25) is 5.02 Å². The number of rotatable bonds is 0. The van der Waals surface area contributed by atoms with Crippen LogP contribution in [0.25, 0.3) is 10.9 Å². The third kappa shape index (κ3) is 1.49. The van der Waals surface area contributed by atoms with Crippen LogP contribution in [-0.4, -0.2) is 4.98 Å². The first-order chi connectivity index (χ1) is 7.13. The van der Waals surface area contributed by atoms with E-state index < -0.39 is 0 Å². The molecule has 3 nitrogen and oxygen atoms in total. The maximum Gasteiger partial charge on any atom is 0.102 e. The number of anilines is 1. The number of aryl methyl sites for hydroxylation is 1. The van der Waals surface area contributed by atoms with Crippen LogP contribution in [0.4, 0.5) is 5.69 Å². The Kier molecular flexibility index (Phi) is 2.22. The van der Waals surface area contributed by atoms with Crippen LogP contribution in [0.3, 0.4) is 0 Å². The monoisotopic (exact) mass is 217 g/mol. The molecule has 2 aromatic rings. The number of nitrogens with two attached hydrogens (primary N) is 1. The topological polar surface area (TPSA) is 62.7 Å². The van der Waals surface area contributed by atoms with Gasteiger partial charge in [-0.25, -0.2) is 0 Å². The molecule has 1 aromatic carbocycles. The lowest BCUT2D eigenvalue weighted by molar-refractivity contribution is 1.36. The second-order valence-corrected chi connectivity index (χ2v) is 3.70. The van der Waals surface area contributed by atoms with Gasteiger partial charge in [0.25, 0.3) is 0 Å². The normalized spacial score (nSPS) is 10.2. The Balaban J connectivity index is 2.89. The summed E-state index contributed by atoms with van der Waals surface area (Å²) in [6.45, 7) is 1.91. The van der Waals surface area contributed by atoms with Crippen LogP contribution < -0.4 is 5.73 Å². The molecule has 2 N–H and O–H groups in total. The number of nitrogen functional groups attached to an aromatic ring is 1. The number of fused-ring (bicyclic) bond motifs is 1. The van der Waals surface area contributed by atoms with Crippen LogP contribution in [0.5, 0.6) is 0 Å². The molecule has 74 valence electrons. The first-order valence-electron chi connectivity index (χ1n) is 4.38. The summed E-state index contributed by atoms with van der Waals surface area (Å²) in [5.41, 5.74) is 8.51. The Bertz CT molecular complexity index is 584. The second kappa shape index (κ2) is 3.41. The van der Waals surface area contributed by atoms with E-state index in [0.717, 1.165) is 16.5 Å². The first-order valence-corrected chi connectivity index (χ1v) is 4.75. The Morgan fingerprint density at radius 2 is 2.20 bits per heavy atom. The minimum atomic E-state index is 0.368. The molecule has 0 atom stereocenters. The van der Waals surface area contributed by atoms with Gasteiger partial charge in [0.2, 0.25) is 0 Å². The number of hydrogen-bond acceptors (Lipinski definition) is 3. The van der Waals surface area contributed by atoms with Gasteiger partial charge in [-0.3, -0.25) is 4.98 Å². The third-order valence-electron chi connectivity index (χ3n) is 2.31. The van der Waals surface area contributed by atoms with Gasteiger partial charge in [-0.2, -0.15) is 5.26 Å². The van der Waals surface area contributed by atoms with Gasteiger partial charge in [0, 0.05) is 17.3 Å². The summed E-state index contributed by atoms with van der Waals surface area (Å²) in [7, 11) is 0. The number of pyridine rings is 1. The van der Waals surface area contributed by atoms with Crippen LogP contribution in [-0.2, 0) is 0 Å². The van der Waals surface area contributed by atoms with Gasteiger partial charge in [0.1, 0.15) is 6.07 Å². The van der Waals surface area contributed by atoms with E-state index in [0.29, 0.717) is 16.3 Å². The average molecular weight is 218 g/mol. The van der Waals surface area contributed by atoms with Crippen LogP contribution in [0.15, 0.2) is 18.3 Å². The van der Waals surface area contributed by atoms with Crippen molar-refractivity contribution in [1.82, 2.24) is 4.98 Å². The van der Waals surface area contributed by atoms with Gasteiger partial charge in [0.05, 0.1) is 16.1 Å². The molecule has 1 heterocycles. The number of hydrogen-bond donors (Lipinski definition) is 1. The van der Waals surface area contributed by atoms with Crippen molar-refractivity contribution < 1.29 is 0 Å². The number of nitrogens with zero attached hydrogens (tertiary/aromatic N) is 2. The van der Waals surface area contributed by atoms with E-state index in [-0.39, 0.29) is 0 Å². The maximum absolute atomic E-state index is 8.80. The van der Waals surface area contributed by atoms with E-state index >= 15 is 0 Å². The molecule has 0 spiro atoms. The summed E-state index contributed by atoms with van der Waals surface area (Å²) in [5.74, 6) is 0. The summed E-state index contributed by atoms with van der Waals surface area (Å²) < 4.78 is 0. The molecule has 0 aliphatic carbocycles. The largest absolute Gasteiger partial charge is 0.398 e. The molecule has 0 radical (unpaired) electrons. The van der Waals surface area contributed by atoms with Crippen molar-refractivity contribution in [3.05, 3.63) is 34.5 Å². The number of benzene rings is 1. The Hall–Kier alpha value is -1.79. The Labute approximate surface area is 92.1 Å². The van der Waals surface area contributed by atoms with Crippen molar-refractivity contribution in [3.8, 4) is 6.07 Å². The van der Waals surface area contributed by atoms with E-state index in [2.05, 4.69) is 4.98 Å². The SMILES string of the molecule is Cc1cc2ncc(C#N)c(Cl)c2cc1N. The zero-order valence-electron chi connectivity index (χ0n) is 8.08. The standard InChI is InChI=1S/C11H8ClN3/c1-6-2-10-8(3-9(6)14)11(12)7(4-13)5-15-10/h2-3,5H,14H2,1H3. The molecular weight excluding hydrogens is 210 g/mol. The minimum Gasteiger partial charge on any atom is -0.398 e.